The highest BCUT2D eigenvalue weighted by Gasteiger charge is 2.02. The van der Waals surface area contributed by atoms with Crippen LogP contribution in [0.15, 0.2) is 29.2 Å². The lowest BCUT2D eigenvalue weighted by Gasteiger charge is -2.16. The molecule has 5 heteroatoms. The maximum absolute atomic E-state index is 11.2. The summed E-state index contributed by atoms with van der Waals surface area (Å²) in [5.74, 6) is 0. The highest BCUT2D eigenvalue weighted by Crippen LogP contribution is 2.09. The van der Waals surface area contributed by atoms with Crippen LogP contribution in [-0.4, -0.2) is 53.9 Å². The van der Waals surface area contributed by atoms with Crippen molar-refractivity contribution in [2.24, 2.45) is 0 Å². The summed E-state index contributed by atoms with van der Waals surface area (Å²) in [6, 6.07) is 7.81. The first kappa shape index (κ1) is 15.3. The largest absolute Gasteiger partial charge is 0.394 e. The second-order valence-electron chi connectivity index (χ2n) is 4.17. The fourth-order valence-electron chi connectivity index (χ4n) is 1.56. The van der Waals surface area contributed by atoms with Gasteiger partial charge in [-0.1, -0.05) is 12.1 Å². The standard InChI is InChI=1S/C13H21NO3S/c1-14(7-9-17-10-8-15)11-12-3-5-13(6-4-12)18(2)16/h3-6,15H,7-11H2,1-2H3. The second-order valence-corrected chi connectivity index (χ2v) is 5.55. The predicted octanol–water partition coefficient (Wildman–Crippen LogP) is 0.865. The van der Waals surface area contributed by atoms with Crippen LogP contribution < -0.4 is 0 Å². The molecule has 0 radical (unpaired) electrons. The van der Waals surface area contributed by atoms with E-state index < -0.39 is 10.8 Å². The van der Waals surface area contributed by atoms with E-state index in [1.807, 2.05) is 31.3 Å². The van der Waals surface area contributed by atoms with Gasteiger partial charge in [-0.25, -0.2) is 0 Å². The zero-order valence-electron chi connectivity index (χ0n) is 11.0. The molecule has 0 aromatic heterocycles. The minimum absolute atomic E-state index is 0.0688. The predicted molar refractivity (Wildman–Crippen MR) is 73.0 cm³/mol. The van der Waals surface area contributed by atoms with E-state index in [4.69, 9.17) is 9.84 Å². The van der Waals surface area contributed by atoms with Crippen molar-refractivity contribution in [1.82, 2.24) is 4.90 Å². The summed E-state index contributed by atoms with van der Waals surface area (Å²) < 4.78 is 16.5. The smallest absolute Gasteiger partial charge is 0.0698 e. The molecule has 1 rings (SSSR count). The van der Waals surface area contributed by atoms with Gasteiger partial charge in [-0.05, 0) is 24.7 Å². The van der Waals surface area contributed by atoms with Crippen molar-refractivity contribution >= 4 is 10.8 Å². The minimum atomic E-state index is -0.914. The Morgan fingerprint density at radius 3 is 2.50 bits per heavy atom. The molecule has 0 aliphatic rings. The lowest BCUT2D eigenvalue weighted by Crippen LogP contribution is -2.23. The average Bonchev–Trinajstić information content (AvgIpc) is 2.35. The molecule has 0 saturated carbocycles. The van der Waals surface area contributed by atoms with Crippen LogP contribution in [-0.2, 0) is 22.1 Å². The molecule has 0 spiro atoms. The molecule has 1 atom stereocenters. The number of aliphatic hydroxyl groups is 1. The molecule has 1 unspecified atom stereocenters. The van der Waals surface area contributed by atoms with Crippen molar-refractivity contribution in [3.8, 4) is 0 Å². The Hall–Kier alpha value is -0.750. The monoisotopic (exact) mass is 271 g/mol. The van der Waals surface area contributed by atoms with E-state index in [-0.39, 0.29) is 6.61 Å². The van der Waals surface area contributed by atoms with Gasteiger partial charge in [0.25, 0.3) is 0 Å². The van der Waals surface area contributed by atoms with Crippen LogP contribution in [0, 0.1) is 0 Å². The first-order valence-electron chi connectivity index (χ1n) is 5.93. The molecule has 0 saturated heterocycles. The first-order chi connectivity index (χ1) is 8.63. The third-order valence-electron chi connectivity index (χ3n) is 2.56. The fourth-order valence-corrected chi connectivity index (χ4v) is 2.08. The van der Waals surface area contributed by atoms with Crippen LogP contribution in [0.25, 0.3) is 0 Å². The molecule has 1 aromatic rings. The summed E-state index contributed by atoms with van der Waals surface area (Å²) in [5.41, 5.74) is 1.19. The van der Waals surface area contributed by atoms with Crippen LogP contribution >= 0.6 is 0 Å². The maximum Gasteiger partial charge on any atom is 0.0698 e. The summed E-state index contributed by atoms with van der Waals surface area (Å²) in [4.78, 5) is 3.00. The van der Waals surface area contributed by atoms with Gasteiger partial charge in [0.2, 0.25) is 0 Å². The lowest BCUT2D eigenvalue weighted by molar-refractivity contribution is 0.0773. The van der Waals surface area contributed by atoms with Gasteiger partial charge >= 0.3 is 0 Å². The normalized spacial score (nSPS) is 12.9. The van der Waals surface area contributed by atoms with Crippen molar-refractivity contribution < 1.29 is 14.1 Å². The molecular formula is C13H21NO3S. The first-order valence-corrected chi connectivity index (χ1v) is 7.49. The summed E-state index contributed by atoms with van der Waals surface area (Å²) in [7, 11) is 1.11. The third kappa shape index (κ3) is 5.73. The molecular weight excluding hydrogens is 250 g/mol. The number of hydrogen-bond acceptors (Lipinski definition) is 4. The molecule has 0 aliphatic heterocycles. The molecule has 1 N–H and O–H groups in total. The Bertz CT molecular complexity index is 367. The van der Waals surface area contributed by atoms with E-state index in [9.17, 15) is 4.21 Å². The molecule has 0 fully saturated rings. The van der Waals surface area contributed by atoms with E-state index in [2.05, 4.69) is 4.90 Å². The van der Waals surface area contributed by atoms with Crippen molar-refractivity contribution in [2.45, 2.75) is 11.4 Å². The van der Waals surface area contributed by atoms with Crippen LogP contribution in [0.2, 0.25) is 0 Å². The number of aliphatic hydroxyl groups excluding tert-OH is 1. The van der Waals surface area contributed by atoms with Crippen LogP contribution in [0.4, 0.5) is 0 Å². The highest BCUT2D eigenvalue weighted by molar-refractivity contribution is 7.84. The zero-order valence-corrected chi connectivity index (χ0v) is 11.8. The Balaban J connectivity index is 2.35. The molecule has 0 bridgehead atoms. The number of nitrogens with zero attached hydrogens (tertiary/aromatic N) is 1. The SMILES string of the molecule is CN(CCOCCO)Cc1ccc(S(C)=O)cc1. The van der Waals surface area contributed by atoms with Crippen LogP contribution in [0.5, 0.6) is 0 Å². The number of rotatable bonds is 8. The molecule has 0 heterocycles. The summed E-state index contributed by atoms with van der Waals surface area (Å²) in [6.07, 6.45) is 1.68. The number of hydrogen-bond donors (Lipinski definition) is 1. The van der Waals surface area contributed by atoms with E-state index in [0.29, 0.717) is 13.2 Å². The molecule has 0 aliphatic carbocycles. The van der Waals surface area contributed by atoms with Crippen LogP contribution in [0.3, 0.4) is 0 Å². The Morgan fingerprint density at radius 1 is 1.28 bits per heavy atom. The van der Waals surface area contributed by atoms with Gasteiger partial charge in [0.05, 0.1) is 19.8 Å². The topological polar surface area (TPSA) is 49.8 Å². The molecule has 1 aromatic carbocycles. The van der Waals surface area contributed by atoms with Gasteiger partial charge in [-0.2, -0.15) is 0 Å². The maximum atomic E-state index is 11.2. The summed E-state index contributed by atoms with van der Waals surface area (Å²) in [5, 5.41) is 8.57. The lowest BCUT2D eigenvalue weighted by atomic mass is 10.2. The summed E-state index contributed by atoms with van der Waals surface area (Å²) in [6.45, 7) is 2.73. The van der Waals surface area contributed by atoms with Gasteiger partial charge in [-0.3, -0.25) is 9.11 Å². The van der Waals surface area contributed by atoms with E-state index in [0.717, 1.165) is 18.0 Å². The second kappa shape index (κ2) is 8.37. The van der Waals surface area contributed by atoms with E-state index in [1.165, 1.54) is 5.56 Å². The number of benzene rings is 1. The van der Waals surface area contributed by atoms with E-state index in [1.54, 1.807) is 6.26 Å². The highest BCUT2D eigenvalue weighted by atomic mass is 32.2. The Labute approximate surface area is 111 Å². The van der Waals surface area contributed by atoms with Gasteiger partial charge in [-0.15, -0.1) is 0 Å². The molecule has 18 heavy (non-hydrogen) atoms. The molecule has 0 amide bonds. The van der Waals surface area contributed by atoms with Gasteiger partial charge < -0.3 is 9.84 Å². The third-order valence-corrected chi connectivity index (χ3v) is 3.50. The molecule has 102 valence electrons. The van der Waals surface area contributed by atoms with Crippen molar-refractivity contribution in [2.75, 3.05) is 39.7 Å². The quantitative estimate of drug-likeness (QED) is 0.713. The van der Waals surface area contributed by atoms with Gasteiger partial charge in [0.1, 0.15) is 0 Å². The van der Waals surface area contributed by atoms with Gasteiger partial charge in [0.15, 0.2) is 0 Å². The van der Waals surface area contributed by atoms with Crippen LogP contribution in [0.1, 0.15) is 5.56 Å². The zero-order chi connectivity index (χ0) is 13.4. The van der Waals surface area contributed by atoms with Crippen molar-refractivity contribution in [3.05, 3.63) is 29.8 Å². The Kier molecular flexibility index (Phi) is 7.12. The fraction of sp³-hybridized carbons (Fsp3) is 0.538. The van der Waals surface area contributed by atoms with E-state index >= 15 is 0 Å². The van der Waals surface area contributed by atoms with Crippen molar-refractivity contribution in [1.29, 1.82) is 0 Å². The Morgan fingerprint density at radius 2 is 1.94 bits per heavy atom. The molecule has 4 nitrogen and oxygen atoms in total. The minimum Gasteiger partial charge on any atom is -0.394 e. The van der Waals surface area contributed by atoms with Gasteiger partial charge in [0, 0.05) is 35.0 Å². The summed E-state index contributed by atoms with van der Waals surface area (Å²) >= 11 is 0. The average molecular weight is 271 g/mol. The van der Waals surface area contributed by atoms with Crippen molar-refractivity contribution in [3.63, 3.8) is 0 Å². The number of likely N-dealkylation sites (N-methyl/N-ethyl adjacent to an activating group) is 1. The number of ether oxygens (including phenoxy) is 1.